The van der Waals surface area contributed by atoms with E-state index >= 15 is 0 Å². The van der Waals surface area contributed by atoms with Crippen molar-refractivity contribution in [3.63, 3.8) is 0 Å². The summed E-state index contributed by atoms with van der Waals surface area (Å²) >= 11 is 9.56. The van der Waals surface area contributed by atoms with Gasteiger partial charge in [0, 0.05) is 37.6 Å². The average Bonchev–Trinajstić information content (AvgIpc) is 2.75. The van der Waals surface area contributed by atoms with Crippen LogP contribution in [0.25, 0.3) is 0 Å². The first-order chi connectivity index (χ1) is 14.8. The van der Waals surface area contributed by atoms with Crippen molar-refractivity contribution in [1.29, 1.82) is 0 Å². The molecule has 0 bridgehead atoms. The first kappa shape index (κ1) is 23.1. The lowest BCUT2D eigenvalue weighted by Crippen LogP contribution is -2.48. The molecular formula is C22H23BrClN3O4. The van der Waals surface area contributed by atoms with E-state index in [1.807, 2.05) is 0 Å². The molecule has 1 saturated heterocycles. The topological polar surface area (TPSA) is 79.0 Å². The van der Waals surface area contributed by atoms with Gasteiger partial charge in [-0.1, -0.05) is 27.5 Å². The number of benzene rings is 2. The van der Waals surface area contributed by atoms with E-state index in [0.29, 0.717) is 48.0 Å². The van der Waals surface area contributed by atoms with Crippen LogP contribution in [0.2, 0.25) is 5.02 Å². The van der Waals surface area contributed by atoms with Crippen LogP contribution in [-0.2, 0) is 9.53 Å². The lowest BCUT2D eigenvalue weighted by atomic mass is 10.1. The Bertz CT molecular complexity index is 1010. The molecule has 9 heteroatoms. The zero-order valence-electron chi connectivity index (χ0n) is 17.3. The highest BCUT2D eigenvalue weighted by atomic mass is 79.9. The highest BCUT2D eigenvalue weighted by Gasteiger charge is 2.23. The van der Waals surface area contributed by atoms with E-state index in [-0.39, 0.29) is 12.5 Å². The Morgan fingerprint density at radius 1 is 1.10 bits per heavy atom. The number of rotatable bonds is 5. The lowest BCUT2D eigenvalue weighted by molar-refractivity contribution is -0.129. The molecule has 0 radical (unpaired) electrons. The van der Waals surface area contributed by atoms with Crippen LogP contribution in [0.4, 0.5) is 11.4 Å². The number of ether oxygens (including phenoxy) is 1. The third kappa shape index (κ3) is 5.57. The van der Waals surface area contributed by atoms with Gasteiger partial charge in [-0.2, -0.15) is 0 Å². The minimum Gasteiger partial charge on any atom is -0.462 e. The van der Waals surface area contributed by atoms with Crippen LogP contribution in [0, 0.1) is 0 Å². The highest BCUT2D eigenvalue weighted by molar-refractivity contribution is 9.10. The van der Waals surface area contributed by atoms with Crippen LogP contribution in [0.15, 0.2) is 40.9 Å². The van der Waals surface area contributed by atoms with Gasteiger partial charge in [-0.25, -0.2) is 4.79 Å². The van der Waals surface area contributed by atoms with Crippen molar-refractivity contribution in [3.05, 3.63) is 57.0 Å². The number of amides is 2. The van der Waals surface area contributed by atoms with Gasteiger partial charge in [-0.15, -0.1) is 0 Å². The summed E-state index contributed by atoms with van der Waals surface area (Å²) in [7, 11) is 0. The van der Waals surface area contributed by atoms with Crippen LogP contribution >= 0.6 is 27.5 Å². The van der Waals surface area contributed by atoms with E-state index in [0.717, 1.165) is 10.2 Å². The van der Waals surface area contributed by atoms with Gasteiger partial charge < -0.3 is 19.9 Å². The van der Waals surface area contributed by atoms with E-state index in [9.17, 15) is 14.4 Å². The molecule has 164 valence electrons. The second-order valence-corrected chi connectivity index (χ2v) is 8.35. The number of nitrogens with one attached hydrogen (secondary N) is 1. The van der Waals surface area contributed by atoms with Crippen molar-refractivity contribution in [2.75, 3.05) is 43.0 Å². The summed E-state index contributed by atoms with van der Waals surface area (Å²) in [4.78, 5) is 40.7. The maximum absolute atomic E-state index is 13.0. The first-order valence-electron chi connectivity index (χ1n) is 9.88. The molecule has 0 spiro atoms. The smallest absolute Gasteiger partial charge is 0.338 e. The molecule has 0 atom stereocenters. The average molecular weight is 509 g/mol. The second kappa shape index (κ2) is 10.2. The number of hydrogen-bond donors (Lipinski definition) is 1. The number of hydrogen-bond acceptors (Lipinski definition) is 5. The molecule has 2 aromatic rings. The van der Waals surface area contributed by atoms with Crippen molar-refractivity contribution < 1.29 is 19.1 Å². The van der Waals surface area contributed by atoms with Crippen LogP contribution in [-0.4, -0.2) is 55.5 Å². The molecule has 2 amide bonds. The minimum atomic E-state index is -0.466. The summed E-state index contributed by atoms with van der Waals surface area (Å²) in [5.74, 6) is -0.822. The molecule has 0 aliphatic carbocycles. The molecule has 1 heterocycles. The van der Waals surface area contributed by atoms with Crippen molar-refractivity contribution in [2.24, 2.45) is 0 Å². The van der Waals surface area contributed by atoms with Crippen LogP contribution < -0.4 is 10.2 Å². The summed E-state index contributed by atoms with van der Waals surface area (Å²) in [5, 5.41) is 3.21. The van der Waals surface area contributed by atoms with Gasteiger partial charge in [0.15, 0.2) is 0 Å². The third-order valence-electron chi connectivity index (χ3n) is 4.99. The van der Waals surface area contributed by atoms with E-state index in [2.05, 4.69) is 26.1 Å². The molecule has 0 aromatic heterocycles. The molecule has 0 unspecified atom stereocenters. The standard InChI is InChI=1S/C22H23BrClN3O4/c1-3-31-22(30)15-4-7-20(27-10-8-26(9-11-27)14(2)28)19(12-15)25-21(29)17-13-16(23)5-6-18(17)24/h4-7,12-13H,3,8-11H2,1-2H3,(H,25,29). The Morgan fingerprint density at radius 2 is 1.81 bits per heavy atom. The van der Waals surface area contributed by atoms with Gasteiger partial charge >= 0.3 is 5.97 Å². The number of carbonyl (C=O) groups excluding carboxylic acids is 3. The number of piperazine rings is 1. The Morgan fingerprint density at radius 3 is 2.45 bits per heavy atom. The fraction of sp³-hybridized carbons (Fsp3) is 0.318. The molecule has 7 nitrogen and oxygen atoms in total. The second-order valence-electron chi connectivity index (χ2n) is 7.02. The van der Waals surface area contributed by atoms with Gasteiger partial charge in [0.05, 0.1) is 34.1 Å². The monoisotopic (exact) mass is 507 g/mol. The lowest BCUT2D eigenvalue weighted by Gasteiger charge is -2.36. The van der Waals surface area contributed by atoms with Crippen LogP contribution in [0.1, 0.15) is 34.6 Å². The molecule has 1 N–H and O–H groups in total. The number of anilines is 2. The SMILES string of the molecule is CCOC(=O)c1ccc(N2CCN(C(C)=O)CC2)c(NC(=O)c2cc(Br)ccc2Cl)c1. The van der Waals surface area contributed by atoms with Crippen LogP contribution in [0.5, 0.6) is 0 Å². The van der Waals surface area contributed by atoms with Gasteiger partial charge in [0.25, 0.3) is 5.91 Å². The number of nitrogens with zero attached hydrogens (tertiary/aromatic N) is 2. The number of carbonyl (C=O) groups is 3. The zero-order chi connectivity index (χ0) is 22.5. The van der Waals surface area contributed by atoms with Gasteiger partial charge in [-0.05, 0) is 43.3 Å². The molecule has 1 aliphatic heterocycles. The molecule has 2 aromatic carbocycles. The highest BCUT2D eigenvalue weighted by Crippen LogP contribution is 2.30. The summed E-state index contributed by atoms with van der Waals surface area (Å²) in [6, 6.07) is 10.1. The van der Waals surface area contributed by atoms with Gasteiger partial charge in [0.2, 0.25) is 5.91 Å². The largest absolute Gasteiger partial charge is 0.462 e. The fourth-order valence-corrected chi connectivity index (χ4v) is 3.94. The Labute approximate surface area is 194 Å². The van der Waals surface area contributed by atoms with E-state index in [4.69, 9.17) is 16.3 Å². The number of halogens is 2. The van der Waals surface area contributed by atoms with Crippen molar-refractivity contribution in [1.82, 2.24) is 4.90 Å². The fourth-order valence-electron chi connectivity index (χ4n) is 3.38. The summed E-state index contributed by atoms with van der Waals surface area (Å²) < 4.78 is 5.82. The van der Waals surface area contributed by atoms with Crippen molar-refractivity contribution >= 4 is 56.7 Å². The van der Waals surface area contributed by atoms with E-state index in [1.165, 1.54) is 0 Å². The maximum atomic E-state index is 13.0. The predicted molar refractivity (Wildman–Crippen MR) is 124 cm³/mol. The van der Waals surface area contributed by atoms with Crippen molar-refractivity contribution in [3.8, 4) is 0 Å². The normalized spacial score (nSPS) is 13.7. The Hall–Kier alpha value is -2.58. The van der Waals surface area contributed by atoms with E-state index in [1.54, 1.807) is 55.1 Å². The zero-order valence-corrected chi connectivity index (χ0v) is 19.6. The molecular weight excluding hydrogens is 486 g/mol. The molecule has 31 heavy (non-hydrogen) atoms. The van der Waals surface area contributed by atoms with Crippen LogP contribution in [0.3, 0.4) is 0 Å². The summed E-state index contributed by atoms with van der Waals surface area (Å²) in [6.45, 7) is 5.93. The van der Waals surface area contributed by atoms with Gasteiger partial charge in [0.1, 0.15) is 0 Å². The summed E-state index contributed by atoms with van der Waals surface area (Å²) in [6.07, 6.45) is 0. The Balaban J connectivity index is 1.92. The van der Waals surface area contributed by atoms with Gasteiger partial charge in [-0.3, -0.25) is 9.59 Å². The molecule has 3 rings (SSSR count). The minimum absolute atomic E-state index is 0.0372. The van der Waals surface area contributed by atoms with E-state index < -0.39 is 11.9 Å². The first-order valence-corrected chi connectivity index (χ1v) is 11.0. The summed E-state index contributed by atoms with van der Waals surface area (Å²) in [5.41, 5.74) is 1.88. The molecule has 0 saturated carbocycles. The third-order valence-corrected chi connectivity index (χ3v) is 5.82. The quantitative estimate of drug-likeness (QED) is 0.613. The maximum Gasteiger partial charge on any atom is 0.338 e. The number of esters is 1. The molecule has 1 aliphatic rings. The Kier molecular flexibility index (Phi) is 7.56. The van der Waals surface area contributed by atoms with Crippen molar-refractivity contribution in [2.45, 2.75) is 13.8 Å². The molecule has 1 fully saturated rings. The predicted octanol–water partition coefficient (Wildman–Crippen LogP) is 4.20.